The van der Waals surface area contributed by atoms with E-state index in [2.05, 4.69) is 146 Å². The Hall–Kier alpha value is -3.68. The first-order valence-electron chi connectivity index (χ1n) is 11.2. The highest BCUT2D eigenvalue weighted by Gasteiger charge is 2.39. The van der Waals surface area contributed by atoms with Crippen LogP contribution in [0.3, 0.4) is 0 Å². The van der Waals surface area contributed by atoms with Crippen molar-refractivity contribution in [3.05, 3.63) is 151 Å². The molecule has 0 amide bonds. The van der Waals surface area contributed by atoms with Crippen molar-refractivity contribution in [3.8, 4) is 11.1 Å². The molecule has 5 rings (SSSR count). The Morgan fingerprint density at radius 2 is 0.688 bits per heavy atom. The third-order valence-electron chi connectivity index (χ3n) is 6.33. The van der Waals surface area contributed by atoms with Gasteiger partial charge in [0.1, 0.15) is 0 Å². The van der Waals surface area contributed by atoms with Crippen LogP contribution >= 0.6 is 0 Å². The second-order valence-electron chi connectivity index (χ2n) is 8.24. The summed E-state index contributed by atoms with van der Waals surface area (Å²) in [5.74, 6) is 0. The van der Waals surface area contributed by atoms with Gasteiger partial charge in [0.15, 0.2) is 8.07 Å². The zero-order valence-corrected chi connectivity index (χ0v) is 19.1. The van der Waals surface area contributed by atoms with Gasteiger partial charge in [-0.3, -0.25) is 0 Å². The van der Waals surface area contributed by atoms with Gasteiger partial charge >= 0.3 is 0 Å². The van der Waals surface area contributed by atoms with E-state index in [0.29, 0.717) is 0 Å². The first-order valence-corrected chi connectivity index (χ1v) is 13.4. The van der Waals surface area contributed by atoms with E-state index >= 15 is 0 Å². The van der Waals surface area contributed by atoms with Crippen LogP contribution in [-0.2, 0) is 6.04 Å². The molecule has 0 aliphatic rings. The molecule has 0 aromatic heterocycles. The molecule has 0 unspecified atom stereocenters. The molecular weight excluding hydrogens is 400 g/mol. The molecule has 0 spiro atoms. The molecule has 5 aromatic carbocycles. The van der Waals surface area contributed by atoms with E-state index < -0.39 is 8.07 Å². The molecule has 0 radical (unpaired) electrons. The largest absolute Gasteiger partial charge is 0.152 e. The average Bonchev–Trinajstić information content (AvgIpc) is 2.90. The molecule has 1 heteroatoms. The molecule has 0 heterocycles. The van der Waals surface area contributed by atoms with Gasteiger partial charge in [0.2, 0.25) is 0 Å². The molecule has 154 valence electrons. The van der Waals surface area contributed by atoms with E-state index in [1.807, 2.05) is 0 Å². The highest BCUT2D eigenvalue weighted by Crippen LogP contribution is 2.21. The lowest BCUT2D eigenvalue weighted by Gasteiger charge is -2.34. The summed E-state index contributed by atoms with van der Waals surface area (Å²) in [5, 5.41) is 4.35. The quantitative estimate of drug-likeness (QED) is 0.245. The topological polar surface area (TPSA) is 0 Å². The fourth-order valence-electron chi connectivity index (χ4n) is 4.73. The Kier molecular flexibility index (Phi) is 5.82. The van der Waals surface area contributed by atoms with Gasteiger partial charge < -0.3 is 0 Å². The van der Waals surface area contributed by atoms with E-state index in [1.165, 1.54) is 32.3 Å². The van der Waals surface area contributed by atoms with Crippen LogP contribution in [0, 0.1) is 0 Å². The zero-order valence-electron chi connectivity index (χ0n) is 18.1. The van der Waals surface area contributed by atoms with Crippen LogP contribution < -0.4 is 15.6 Å². The van der Waals surface area contributed by atoms with Crippen LogP contribution in [-0.4, -0.2) is 8.07 Å². The summed E-state index contributed by atoms with van der Waals surface area (Å²) in [6, 6.07) is 54.2. The minimum Gasteiger partial charge on any atom is -0.0624 e. The predicted octanol–water partition coefficient (Wildman–Crippen LogP) is 5.61. The second kappa shape index (κ2) is 9.21. The predicted molar refractivity (Wildman–Crippen MR) is 140 cm³/mol. The first kappa shape index (κ1) is 20.2. The van der Waals surface area contributed by atoms with Gasteiger partial charge in [-0.05, 0) is 38.3 Å². The lowest BCUT2D eigenvalue weighted by molar-refractivity contribution is 1.34. The van der Waals surface area contributed by atoms with Gasteiger partial charge in [-0.2, -0.15) is 0 Å². The van der Waals surface area contributed by atoms with Crippen LogP contribution in [0.15, 0.2) is 146 Å². The number of hydrogen-bond acceptors (Lipinski definition) is 0. The zero-order chi connectivity index (χ0) is 21.6. The lowest BCUT2D eigenvalue weighted by atomic mass is 10.0. The summed E-state index contributed by atoms with van der Waals surface area (Å²) in [6.07, 6.45) is 0. The van der Waals surface area contributed by atoms with E-state index in [4.69, 9.17) is 0 Å². The van der Waals surface area contributed by atoms with Crippen molar-refractivity contribution in [2.45, 2.75) is 6.04 Å². The number of rotatable bonds is 6. The third kappa shape index (κ3) is 3.95. The molecule has 0 saturated carbocycles. The average molecular weight is 427 g/mol. The Morgan fingerprint density at radius 1 is 0.344 bits per heavy atom. The second-order valence-corrected chi connectivity index (χ2v) is 12.1. The lowest BCUT2D eigenvalue weighted by Crippen LogP contribution is -2.68. The van der Waals surface area contributed by atoms with Crippen molar-refractivity contribution in [1.82, 2.24) is 0 Å². The maximum Gasteiger partial charge on any atom is 0.152 e. The molecule has 0 aliphatic carbocycles. The van der Waals surface area contributed by atoms with Gasteiger partial charge in [-0.15, -0.1) is 0 Å². The summed E-state index contributed by atoms with van der Waals surface area (Å²) in [7, 11) is -2.26. The third-order valence-corrected chi connectivity index (χ3v) is 11.2. The first-order chi connectivity index (χ1) is 15.9. The van der Waals surface area contributed by atoms with Gasteiger partial charge in [0.05, 0.1) is 0 Å². The van der Waals surface area contributed by atoms with Crippen LogP contribution in [0.4, 0.5) is 0 Å². The molecule has 32 heavy (non-hydrogen) atoms. The van der Waals surface area contributed by atoms with E-state index in [9.17, 15) is 0 Å². The summed E-state index contributed by atoms with van der Waals surface area (Å²) >= 11 is 0. The van der Waals surface area contributed by atoms with Gasteiger partial charge in [-0.25, -0.2) is 0 Å². The van der Waals surface area contributed by atoms with E-state index in [-0.39, 0.29) is 0 Å². The SMILES string of the molecule is c1ccc(-c2ccc(C[Si](c3ccccc3)(c3ccccc3)c3ccccc3)cc2)cc1. The maximum absolute atomic E-state index is 2.32. The van der Waals surface area contributed by atoms with Crippen LogP contribution in [0.2, 0.25) is 0 Å². The molecule has 0 fully saturated rings. The van der Waals surface area contributed by atoms with Crippen molar-refractivity contribution >= 4 is 23.6 Å². The summed E-state index contributed by atoms with van der Waals surface area (Å²) < 4.78 is 0. The van der Waals surface area contributed by atoms with Crippen molar-refractivity contribution in [2.24, 2.45) is 0 Å². The smallest absolute Gasteiger partial charge is 0.0624 e. The van der Waals surface area contributed by atoms with E-state index in [1.54, 1.807) is 0 Å². The van der Waals surface area contributed by atoms with Crippen molar-refractivity contribution in [2.75, 3.05) is 0 Å². The minimum atomic E-state index is -2.26. The fraction of sp³-hybridized carbons (Fsp3) is 0.0323. The highest BCUT2D eigenvalue weighted by atomic mass is 28.3. The molecule has 5 aromatic rings. The molecular formula is C31H26Si. The van der Waals surface area contributed by atoms with Crippen molar-refractivity contribution in [1.29, 1.82) is 0 Å². The molecule has 0 N–H and O–H groups in total. The van der Waals surface area contributed by atoms with Crippen molar-refractivity contribution in [3.63, 3.8) is 0 Å². The van der Waals surface area contributed by atoms with E-state index in [0.717, 1.165) is 6.04 Å². The fourth-order valence-corrected chi connectivity index (χ4v) is 9.47. The number of hydrogen-bond donors (Lipinski definition) is 0. The molecule has 0 bridgehead atoms. The maximum atomic E-state index is 2.32. The normalized spacial score (nSPS) is 11.2. The highest BCUT2D eigenvalue weighted by molar-refractivity contribution is 7.11. The summed E-state index contributed by atoms with van der Waals surface area (Å²) in [5.41, 5.74) is 3.91. The van der Waals surface area contributed by atoms with Crippen LogP contribution in [0.25, 0.3) is 11.1 Å². The molecule has 0 aliphatic heterocycles. The van der Waals surface area contributed by atoms with Gasteiger partial charge in [0.25, 0.3) is 0 Å². The number of benzene rings is 5. The summed E-state index contributed by atoms with van der Waals surface area (Å²) in [4.78, 5) is 0. The molecule has 0 atom stereocenters. The Labute approximate surface area is 191 Å². The molecule has 0 saturated heterocycles. The summed E-state index contributed by atoms with van der Waals surface area (Å²) in [6.45, 7) is 0. The molecule has 0 nitrogen and oxygen atoms in total. The standard InChI is InChI=1S/C31H26Si/c1-5-13-27(14-6-1)28-23-21-26(22-24-28)25-32(29-15-7-2-8-16-29,30-17-9-3-10-18-30)31-19-11-4-12-20-31/h1-24H,25H2. The van der Waals surface area contributed by atoms with Crippen LogP contribution in [0.1, 0.15) is 5.56 Å². The Balaban J connectivity index is 1.65. The minimum absolute atomic E-state index is 1.03. The van der Waals surface area contributed by atoms with Gasteiger partial charge in [0, 0.05) is 0 Å². The Morgan fingerprint density at radius 3 is 1.09 bits per heavy atom. The Bertz CT molecular complexity index is 1150. The van der Waals surface area contributed by atoms with Gasteiger partial charge in [-0.1, -0.05) is 146 Å². The van der Waals surface area contributed by atoms with Crippen molar-refractivity contribution < 1.29 is 0 Å². The monoisotopic (exact) mass is 426 g/mol. The van der Waals surface area contributed by atoms with Crippen LogP contribution in [0.5, 0.6) is 0 Å².